The van der Waals surface area contributed by atoms with Crippen molar-refractivity contribution in [3.63, 3.8) is 0 Å². The van der Waals surface area contributed by atoms with Gasteiger partial charge in [0.15, 0.2) is 6.61 Å². The van der Waals surface area contributed by atoms with E-state index in [2.05, 4.69) is 0 Å². The number of rotatable bonds is 5. The van der Waals surface area contributed by atoms with Gasteiger partial charge in [0.05, 0.1) is 12.3 Å². The van der Waals surface area contributed by atoms with Crippen molar-refractivity contribution in [2.75, 3.05) is 13.7 Å². The molecule has 1 atom stereocenters. The lowest BCUT2D eigenvalue weighted by atomic mass is 10.2. The second kappa shape index (κ2) is 6.09. The molecule has 1 aromatic heterocycles. The molecule has 0 fully saturated rings. The van der Waals surface area contributed by atoms with Gasteiger partial charge in [0, 0.05) is 7.05 Å². The molecule has 0 saturated heterocycles. The second-order valence-electron chi connectivity index (χ2n) is 4.30. The van der Waals surface area contributed by atoms with Gasteiger partial charge in [0.2, 0.25) is 0 Å². The monoisotopic (exact) mass is 259 g/mol. The predicted molar refractivity (Wildman–Crippen MR) is 71.8 cm³/mol. The minimum Gasteiger partial charge on any atom is -0.484 e. The van der Waals surface area contributed by atoms with Crippen molar-refractivity contribution >= 4 is 5.91 Å². The van der Waals surface area contributed by atoms with Crippen LogP contribution in [0.4, 0.5) is 0 Å². The largest absolute Gasteiger partial charge is 0.484 e. The van der Waals surface area contributed by atoms with Crippen molar-refractivity contribution < 1.29 is 13.9 Å². The zero-order chi connectivity index (χ0) is 13.7. The molecular formula is C15H17NO3. The Morgan fingerprint density at radius 3 is 2.63 bits per heavy atom. The Morgan fingerprint density at radius 2 is 2.00 bits per heavy atom. The Labute approximate surface area is 112 Å². The Bertz CT molecular complexity index is 507. The van der Waals surface area contributed by atoms with Crippen molar-refractivity contribution in [2.45, 2.75) is 13.0 Å². The number of ether oxygens (including phenoxy) is 1. The van der Waals surface area contributed by atoms with Gasteiger partial charge >= 0.3 is 0 Å². The number of carbonyl (C=O) groups is 1. The summed E-state index contributed by atoms with van der Waals surface area (Å²) >= 11 is 0. The van der Waals surface area contributed by atoms with Crippen LogP contribution in [0.5, 0.6) is 5.75 Å². The molecular weight excluding hydrogens is 242 g/mol. The molecule has 2 rings (SSSR count). The molecule has 0 aliphatic carbocycles. The summed E-state index contributed by atoms with van der Waals surface area (Å²) in [7, 11) is 1.74. The Balaban J connectivity index is 1.89. The highest BCUT2D eigenvalue weighted by atomic mass is 16.5. The topological polar surface area (TPSA) is 42.7 Å². The fourth-order valence-electron chi connectivity index (χ4n) is 1.70. The molecule has 100 valence electrons. The van der Waals surface area contributed by atoms with E-state index < -0.39 is 0 Å². The molecule has 0 spiro atoms. The Morgan fingerprint density at radius 1 is 1.26 bits per heavy atom. The van der Waals surface area contributed by atoms with E-state index in [1.54, 1.807) is 18.2 Å². The number of carbonyl (C=O) groups excluding carboxylic acids is 1. The van der Waals surface area contributed by atoms with Crippen LogP contribution in [0, 0.1) is 0 Å². The van der Waals surface area contributed by atoms with Crippen LogP contribution in [0.2, 0.25) is 0 Å². The molecule has 2 aromatic rings. The fourth-order valence-corrected chi connectivity index (χ4v) is 1.70. The van der Waals surface area contributed by atoms with Crippen LogP contribution < -0.4 is 4.74 Å². The van der Waals surface area contributed by atoms with Crippen LogP contribution in [-0.2, 0) is 4.79 Å². The van der Waals surface area contributed by atoms with Gasteiger partial charge in [0.25, 0.3) is 5.91 Å². The summed E-state index contributed by atoms with van der Waals surface area (Å²) in [5.41, 5.74) is 0. The molecule has 0 aliphatic rings. The number of nitrogens with zero attached hydrogens (tertiary/aromatic N) is 1. The fraction of sp³-hybridized carbons (Fsp3) is 0.267. The molecule has 1 heterocycles. The third kappa shape index (κ3) is 3.37. The molecule has 0 saturated carbocycles. The van der Waals surface area contributed by atoms with Gasteiger partial charge in [-0.25, -0.2) is 0 Å². The van der Waals surface area contributed by atoms with E-state index in [9.17, 15) is 4.79 Å². The lowest BCUT2D eigenvalue weighted by Crippen LogP contribution is -2.33. The number of para-hydroxylation sites is 1. The van der Waals surface area contributed by atoms with E-state index in [0.29, 0.717) is 5.75 Å². The van der Waals surface area contributed by atoms with Crippen molar-refractivity contribution in [3.05, 3.63) is 54.5 Å². The highest BCUT2D eigenvalue weighted by Crippen LogP contribution is 2.19. The molecule has 19 heavy (non-hydrogen) atoms. The summed E-state index contributed by atoms with van der Waals surface area (Å²) in [5, 5.41) is 0. The summed E-state index contributed by atoms with van der Waals surface area (Å²) in [6.07, 6.45) is 1.60. The van der Waals surface area contributed by atoms with Gasteiger partial charge in [-0.05, 0) is 31.2 Å². The first-order chi connectivity index (χ1) is 9.18. The van der Waals surface area contributed by atoms with Crippen LogP contribution >= 0.6 is 0 Å². The molecule has 0 N–H and O–H groups in total. The summed E-state index contributed by atoms with van der Waals surface area (Å²) < 4.78 is 10.7. The van der Waals surface area contributed by atoms with E-state index >= 15 is 0 Å². The second-order valence-corrected chi connectivity index (χ2v) is 4.30. The molecule has 0 bridgehead atoms. The van der Waals surface area contributed by atoms with Crippen LogP contribution in [-0.4, -0.2) is 24.5 Å². The predicted octanol–water partition coefficient (Wildman–Crippen LogP) is 2.88. The maximum atomic E-state index is 12.0. The van der Waals surface area contributed by atoms with E-state index in [1.165, 1.54) is 0 Å². The van der Waals surface area contributed by atoms with E-state index in [4.69, 9.17) is 9.15 Å². The van der Waals surface area contributed by atoms with Gasteiger partial charge in [0.1, 0.15) is 11.5 Å². The molecule has 1 amide bonds. The smallest absolute Gasteiger partial charge is 0.260 e. The first-order valence-electron chi connectivity index (χ1n) is 6.15. The van der Waals surface area contributed by atoms with Crippen LogP contribution in [0.25, 0.3) is 0 Å². The first-order valence-corrected chi connectivity index (χ1v) is 6.15. The lowest BCUT2D eigenvalue weighted by molar-refractivity contribution is -0.134. The normalized spacial score (nSPS) is 11.9. The Kier molecular flexibility index (Phi) is 4.23. The molecule has 1 aromatic carbocycles. The number of likely N-dealkylation sites (N-methyl/N-ethyl adjacent to an activating group) is 1. The number of hydrogen-bond acceptors (Lipinski definition) is 3. The van der Waals surface area contributed by atoms with Crippen molar-refractivity contribution in [3.8, 4) is 5.75 Å². The van der Waals surface area contributed by atoms with Gasteiger partial charge < -0.3 is 14.1 Å². The highest BCUT2D eigenvalue weighted by molar-refractivity contribution is 5.77. The zero-order valence-electron chi connectivity index (χ0n) is 11.1. The zero-order valence-corrected chi connectivity index (χ0v) is 11.1. The third-order valence-corrected chi connectivity index (χ3v) is 3.03. The van der Waals surface area contributed by atoms with E-state index in [0.717, 1.165) is 5.76 Å². The summed E-state index contributed by atoms with van der Waals surface area (Å²) in [5.74, 6) is 1.36. The van der Waals surface area contributed by atoms with Crippen LogP contribution in [0.1, 0.15) is 18.7 Å². The van der Waals surface area contributed by atoms with Crippen molar-refractivity contribution in [1.82, 2.24) is 4.90 Å². The minimum absolute atomic E-state index is 0.0194. The summed E-state index contributed by atoms with van der Waals surface area (Å²) in [6, 6.07) is 12.8. The molecule has 1 unspecified atom stereocenters. The van der Waals surface area contributed by atoms with E-state index in [-0.39, 0.29) is 18.6 Å². The molecule has 4 nitrogen and oxygen atoms in total. The van der Waals surface area contributed by atoms with Gasteiger partial charge in [-0.2, -0.15) is 0 Å². The summed E-state index contributed by atoms with van der Waals surface area (Å²) in [6.45, 7) is 1.94. The number of benzene rings is 1. The molecule has 0 aliphatic heterocycles. The maximum Gasteiger partial charge on any atom is 0.260 e. The SMILES string of the molecule is CC(c1ccco1)N(C)C(=O)COc1ccccc1. The van der Waals surface area contributed by atoms with Gasteiger partial charge in [-0.1, -0.05) is 18.2 Å². The minimum atomic E-state index is -0.109. The van der Waals surface area contributed by atoms with Crippen molar-refractivity contribution in [2.24, 2.45) is 0 Å². The quantitative estimate of drug-likeness (QED) is 0.829. The number of amides is 1. The van der Waals surface area contributed by atoms with Gasteiger partial charge in [-0.3, -0.25) is 4.79 Å². The average Bonchev–Trinajstić information content (AvgIpc) is 2.98. The van der Waals surface area contributed by atoms with Crippen LogP contribution in [0.15, 0.2) is 53.1 Å². The molecule has 4 heteroatoms. The lowest BCUT2D eigenvalue weighted by Gasteiger charge is -2.23. The van der Waals surface area contributed by atoms with Crippen LogP contribution in [0.3, 0.4) is 0 Å². The van der Waals surface area contributed by atoms with E-state index in [1.807, 2.05) is 49.4 Å². The first kappa shape index (κ1) is 13.2. The number of hydrogen-bond donors (Lipinski definition) is 0. The van der Waals surface area contributed by atoms with Gasteiger partial charge in [-0.15, -0.1) is 0 Å². The third-order valence-electron chi connectivity index (χ3n) is 3.03. The molecule has 0 radical (unpaired) electrons. The standard InChI is InChI=1S/C15H17NO3/c1-12(14-9-6-10-18-14)16(2)15(17)11-19-13-7-4-3-5-8-13/h3-10,12H,11H2,1-2H3. The van der Waals surface area contributed by atoms with Crippen molar-refractivity contribution in [1.29, 1.82) is 0 Å². The number of furan rings is 1. The highest BCUT2D eigenvalue weighted by Gasteiger charge is 2.19. The maximum absolute atomic E-state index is 12.0. The Hall–Kier alpha value is -2.23. The average molecular weight is 259 g/mol. The summed E-state index contributed by atoms with van der Waals surface area (Å²) in [4.78, 5) is 13.6.